The summed E-state index contributed by atoms with van der Waals surface area (Å²) < 4.78 is 0. The number of piperidine rings is 1. The number of benzene rings is 1. The molecule has 2 heteroatoms. The van der Waals surface area contributed by atoms with Gasteiger partial charge in [-0.05, 0) is 88.5 Å². The highest BCUT2D eigenvalue weighted by molar-refractivity contribution is 5.36. The van der Waals surface area contributed by atoms with Gasteiger partial charge < -0.3 is 5.32 Å². The summed E-state index contributed by atoms with van der Waals surface area (Å²) in [5.41, 5.74) is 5.79. The van der Waals surface area contributed by atoms with Crippen LogP contribution in [0.25, 0.3) is 0 Å². The normalized spacial score (nSPS) is 17.9. The monoisotopic (exact) mass is 260 g/mol. The molecule has 0 bridgehead atoms. The summed E-state index contributed by atoms with van der Waals surface area (Å²) in [6.07, 6.45) is 2.68. The summed E-state index contributed by atoms with van der Waals surface area (Å²) in [4.78, 5) is 2.61. The molecule has 0 amide bonds. The van der Waals surface area contributed by atoms with E-state index in [0.717, 1.165) is 12.5 Å². The van der Waals surface area contributed by atoms with E-state index in [4.69, 9.17) is 0 Å². The fourth-order valence-electron chi connectivity index (χ4n) is 3.07. The van der Waals surface area contributed by atoms with Crippen molar-refractivity contribution in [1.29, 1.82) is 0 Å². The van der Waals surface area contributed by atoms with E-state index in [1.54, 1.807) is 0 Å². The topological polar surface area (TPSA) is 15.3 Å². The zero-order valence-electron chi connectivity index (χ0n) is 12.9. The number of nitrogens with one attached hydrogen (secondary N) is 1. The highest BCUT2D eigenvalue weighted by Gasteiger charge is 2.19. The smallest absolute Gasteiger partial charge is 0.0236 e. The van der Waals surface area contributed by atoms with Crippen LogP contribution in [-0.2, 0) is 6.54 Å². The van der Waals surface area contributed by atoms with Crippen molar-refractivity contribution in [2.75, 3.05) is 26.7 Å². The van der Waals surface area contributed by atoms with Crippen molar-refractivity contribution in [1.82, 2.24) is 10.2 Å². The Balaban J connectivity index is 1.94. The minimum Gasteiger partial charge on any atom is -0.319 e. The fourth-order valence-corrected chi connectivity index (χ4v) is 3.07. The van der Waals surface area contributed by atoms with Crippen molar-refractivity contribution in [3.63, 3.8) is 0 Å². The molecule has 0 saturated carbocycles. The predicted molar refractivity (Wildman–Crippen MR) is 82.6 cm³/mol. The van der Waals surface area contributed by atoms with Crippen LogP contribution in [0.1, 0.15) is 35.1 Å². The van der Waals surface area contributed by atoms with Gasteiger partial charge in [0.15, 0.2) is 0 Å². The van der Waals surface area contributed by atoms with Crippen LogP contribution in [0.4, 0.5) is 0 Å². The van der Waals surface area contributed by atoms with E-state index in [1.165, 1.54) is 54.7 Å². The molecule has 1 aliphatic heterocycles. The van der Waals surface area contributed by atoms with E-state index in [-0.39, 0.29) is 0 Å². The second-order valence-electron chi connectivity index (χ2n) is 6.14. The summed E-state index contributed by atoms with van der Waals surface area (Å²) >= 11 is 0. The first kappa shape index (κ1) is 14.5. The van der Waals surface area contributed by atoms with Crippen LogP contribution in [0, 0.1) is 26.7 Å². The molecule has 0 radical (unpaired) electrons. The zero-order chi connectivity index (χ0) is 13.8. The van der Waals surface area contributed by atoms with E-state index in [0.29, 0.717) is 0 Å². The molecule has 0 spiro atoms. The number of nitrogens with zero attached hydrogens (tertiary/aromatic N) is 1. The van der Waals surface area contributed by atoms with Crippen LogP contribution < -0.4 is 5.32 Å². The van der Waals surface area contributed by atoms with E-state index in [9.17, 15) is 0 Å². The van der Waals surface area contributed by atoms with Gasteiger partial charge in [-0.1, -0.05) is 12.1 Å². The van der Waals surface area contributed by atoms with E-state index in [1.807, 2.05) is 0 Å². The van der Waals surface area contributed by atoms with Gasteiger partial charge in [-0.15, -0.1) is 0 Å². The van der Waals surface area contributed by atoms with Crippen LogP contribution in [0.5, 0.6) is 0 Å². The minimum atomic E-state index is 0.877. The molecule has 0 aliphatic carbocycles. The van der Waals surface area contributed by atoms with Gasteiger partial charge in [0.1, 0.15) is 0 Å². The third-order valence-corrected chi connectivity index (χ3v) is 4.55. The molecule has 106 valence electrons. The summed E-state index contributed by atoms with van der Waals surface area (Å²) in [5, 5.41) is 3.31. The number of hydrogen-bond acceptors (Lipinski definition) is 2. The Morgan fingerprint density at radius 3 is 2.32 bits per heavy atom. The van der Waals surface area contributed by atoms with E-state index in [2.05, 4.69) is 50.2 Å². The lowest BCUT2D eigenvalue weighted by atomic mass is 9.95. The van der Waals surface area contributed by atoms with Crippen molar-refractivity contribution in [2.45, 2.75) is 40.2 Å². The van der Waals surface area contributed by atoms with Crippen LogP contribution in [0.15, 0.2) is 12.1 Å². The zero-order valence-corrected chi connectivity index (χ0v) is 12.9. The molecule has 0 unspecified atom stereocenters. The lowest BCUT2D eigenvalue weighted by Gasteiger charge is -2.32. The quantitative estimate of drug-likeness (QED) is 0.895. The minimum absolute atomic E-state index is 0.877. The molecule has 1 saturated heterocycles. The largest absolute Gasteiger partial charge is 0.319 e. The lowest BCUT2D eigenvalue weighted by molar-refractivity contribution is 0.176. The van der Waals surface area contributed by atoms with E-state index < -0.39 is 0 Å². The number of aryl methyl sites for hydroxylation is 3. The Labute approximate surface area is 118 Å². The maximum atomic E-state index is 3.31. The van der Waals surface area contributed by atoms with Gasteiger partial charge in [-0.2, -0.15) is 0 Å². The summed E-state index contributed by atoms with van der Waals surface area (Å²) in [5.74, 6) is 0.877. The maximum absolute atomic E-state index is 3.31. The average Bonchev–Trinajstić information content (AvgIpc) is 2.38. The Morgan fingerprint density at radius 2 is 1.68 bits per heavy atom. The maximum Gasteiger partial charge on any atom is 0.0236 e. The molecular weight excluding hydrogens is 232 g/mol. The second kappa shape index (κ2) is 6.53. The number of likely N-dealkylation sites (tertiary alicyclic amines) is 1. The first-order valence-corrected chi connectivity index (χ1v) is 7.54. The van der Waals surface area contributed by atoms with Crippen LogP contribution >= 0.6 is 0 Å². The van der Waals surface area contributed by atoms with Crippen molar-refractivity contribution >= 4 is 0 Å². The van der Waals surface area contributed by atoms with Crippen molar-refractivity contribution in [2.24, 2.45) is 5.92 Å². The van der Waals surface area contributed by atoms with Gasteiger partial charge in [-0.3, -0.25) is 4.90 Å². The highest BCUT2D eigenvalue weighted by Crippen LogP contribution is 2.21. The Kier molecular flexibility index (Phi) is 5.00. The lowest BCUT2D eigenvalue weighted by Crippen LogP contribution is -2.36. The SMILES string of the molecule is CNCC1CCN(Cc2cc(C)c(C)cc2C)CC1. The average molecular weight is 260 g/mol. The molecule has 1 aromatic carbocycles. The highest BCUT2D eigenvalue weighted by atomic mass is 15.1. The van der Waals surface area contributed by atoms with Crippen LogP contribution in [0.3, 0.4) is 0 Å². The van der Waals surface area contributed by atoms with Crippen LogP contribution in [-0.4, -0.2) is 31.6 Å². The standard InChI is InChI=1S/C17H28N2/c1-13-9-15(3)17(10-14(13)2)12-19-7-5-16(6-8-19)11-18-4/h9-10,16,18H,5-8,11-12H2,1-4H3. The Bertz CT molecular complexity index is 418. The molecular formula is C17H28N2. The molecule has 19 heavy (non-hydrogen) atoms. The molecule has 1 heterocycles. The number of rotatable bonds is 4. The Morgan fingerprint density at radius 1 is 1.05 bits per heavy atom. The first-order valence-electron chi connectivity index (χ1n) is 7.54. The number of hydrogen-bond donors (Lipinski definition) is 1. The third-order valence-electron chi connectivity index (χ3n) is 4.55. The molecule has 1 fully saturated rings. The molecule has 2 nitrogen and oxygen atoms in total. The van der Waals surface area contributed by atoms with Gasteiger partial charge in [-0.25, -0.2) is 0 Å². The third kappa shape index (κ3) is 3.80. The van der Waals surface area contributed by atoms with E-state index >= 15 is 0 Å². The summed E-state index contributed by atoms with van der Waals surface area (Å²) in [6.45, 7) is 11.5. The first-order chi connectivity index (χ1) is 9.10. The van der Waals surface area contributed by atoms with Crippen molar-refractivity contribution in [3.05, 3.63) is 34.4 Å². The van der Waals surface area contributed by atoms with Gasteiger partial charge in [0.2, 0.25) is 0 Å². The molecule has 0 atom stereocenters. The van der Waals surface area contributed by atoms with Gasteiger partial charge in [0.05, 0.1) is 0 Å². The Hall–Kier alpha value is -0.860. The van der Waals surface area contributed by atoms with Gasteiger partial charge in [0, 0.05) is 6.54 Å². The van der Waals surface area contributed by atoms with Gasteiger partial charge >= 0.3 is 0 Å². The van der Waals surface area contributed by atoms with Crippen molar-refractivity contribution < 1.29 is 0 Å². The molecule has 1 aliphatic rings. The summed E-state index contributed by atoms with van der Waals surface area (Å²) in [6, 6.07) is 4.71. The molecule has 1 N–H and O–H groups in total. The van der Waals surface area contributed by atoms with Gasteiger partial charge in [0.25, 0.3) is 0 Å². The molecule has 0 aromatic heterocycles. The van der Waals surface area contributed by atoms with Crippen LogP contribution in [0.2, 0.25) is 0 Å². The second-order valence-corrected chi connectivity index (χ2v) is 6.14. The fraction of sp³-hybridized carbons (Fsp3) is 0.647. The van der Waals surface area contributed by atoms with Crippen molar-refractivity contribution in [3.8, 4) is 0 Å². The molecule has 1 aromatic rings. The summed E-state index contributed by atoms with van der Waals surface area (Å²) in [7, 11) is 2.06. The molecule has 2 rings (SSSR count). The predicted octanol–water partition coefficient (Wildman–Crippen LogP) is 3.04.